The highest BCUT2D eigenvalue weighted by molar-refractivity contribution is 7.13. The molecule has 0 saturated carbocycles. The number of carboxylic acid groups (broad SMARTS) is 1. The molecule has 1 atom stereocenters. The van der Waals surface area contributed by atoms with Crippen LogP contribution in [0.2, 0.25) is 0 Å². The fraction of sp³-hybridized carbons (Fsp3) is 0.625. The smallest absolute Gasteiger partial charge is 0.311 e. The van der Waals surface area contributed by atoms with Gasteiger partial charge < -0.3 is 10.4 Å². The Morgan fingerprint density at radius 3 is 2.93 bits per heavy atom. The second-order valence-corrected chi connectivity index (χ2v) is 4.15. The Morgan fingerprint density at radius 2 is 2.50 bits per heavy atom. The molecule has 6 heteroatoms. The van der Waals surface area contributed by atoms with Crippen LogP contribution in [0, 0.1) is 5.41 Å². The largest absolute Gasteiger partial charge is 0.481 e. The summed E-state index contributed by atoms with van der Waals surface area (Å²) in [5.74, 6) is -0.794. The lowest BCUT2D eigenvalue weighted by atomic mass is 9.88. The number of hydrogen-bond donors (Lipinski definition) is 2. The van der Waals surface area contributed by atoms with Gasteiger partial charge in [0.15, 0.2) is 0 Å². The average molecular weight is 215 g/mol. The first-order chi connectivity index (χ1) is 6.58. The number of nitrogens with one attached hydrogen (secondary N) is 1. The molecule has 0 aromatic carbocycles. The normalized spacial score (nSPS) is 14.7. The van der Waals surface area contributed by atoms with Crippen molar-refractivity contribution in [1.82, 2.24) is 10.2 Å². The Bertz CT molecular complexity index is 302. The van der Waals surface area contributed by atoms with Gasteiger partial charge in [-0.15, -0.1) is 10.2 Å². The highest BCUT2D eigenvalue weighted by Crippen LogP contribution is 2.22. The van der Waals surface area contributed by atoms with E-state index in [0.717, 1.165) is 0 Å². The van der Waals surface area contributed by atoms with E-state index in [1.165, 1.54) is 11.3 Å². The number of carbonyl (C=O) groups is 1. The standard InChI is InChI=1S/C8H13N3O2S/c1-3-8(2,6(12)13)4-9-7-11-10-5-14-7/h5H,3-4H2,1-2H3,(H,9,11)(H,12,13). The van der Waals surface area contributed by atoms with Crippen molar-refractivity contribution in [3.8, 4) is 0 Å². The maximum Gasteiger partial charge on any atom is 0.311 e. The van der Waals surface area contributed by atoms with Crippen LogP contribution in [0.15, 0.2) is 5.51 Å². The number of carboxylic acids is 1. The number of rotatable bonds is 5. The SMILES string of the molecule is CCC(C)(CNc1nncs1)C(=O)O. The molecule has 0 bridgehead atoms. The fourth-order valence-electron chi connectivity index (χ4n) is 0.873. The van der Waals surface area contributed by atoms with E-state index in [1.54, 1.807) is 12.4 Å². The van der Waals surface area contributed by atoms with Crippen LogP contribution in [-0.4, -0.2) is 27.8 Å². The molecule has 0 aliphatic carbocycles. The molecule has 5 nitrogen and oxygen atoms in total. The number of aliphatic carboxylic acids is 1. The number of hydrogen-bond acceptors (Lipinski definition) is 5. The quantitative estimate of drug-likeness (QED) is 0.777. The molecular formula is C8H13N3O2S. The van der Waals surface area contributed by atoms with Crippen molar-refractivity contribution in [2.75, 3.05) is 11.9 Å². The predicted molar refractivity (Wildman–Crippen MR) is 54.4 cm³/mol. The minimum atomic E-state index is -0.794. The van der Waals surface area contributed by atoms with Gasteiger partial charge in [-0.3, -0.25) is 4.79 Å². The summed E-state index contributed by atoms with van der Waals surface area (Å²) >= 11 is 1.36. The Balaban J connectivity index is 2.54. The molecule has 0 radical (unpaired) electrons. The molecule has 0 fully saturated rings. The molecule has 0 spiro atoms. The molecule has 0 aliphatic heterocycles. The van der Waals surface area contributed by atoms with Gasteiger partial charge in [0, 0.05) is 6.54 Å². The van der Waals surface area contributed by atoms with Gasteiger partial charge in [-0.25, -0.2) is 0 Å². The van der Waals surface area contributed by atoms with Gasteiger partial charge in [0.2, 0.25) is 5.13 Å². The molecule has 78 valence electrons. The lowest BCUT2D eigenvalue weighted by Crippen LogP contribution is -2.34. The highest BCUT2D eigenvalue weighted by Gasteiger charge is 2.30. The predicted octanol–water partition coefficient (Wildman–Crippen LogP) is 1.45. The van der Waals surface area contributed by atoms with E-state index >= 15 is 0 Å². The summed E-state index contributed by atoms with van der Waals surface area (Å²) in [6.07, 6.45) is 0.578. The van der Waals surface area contributed by atoms with Gasteiger partial charge in [0.1, 0.15) is 5.51 Å². The molecule has 2 N–H and O–H groups in total. The van der Waals surface area contributed by atoms with Crippen LogP contribution in [0.5, 0.6) is 0 Å². The lowest BCUT2D eigenvalue weighted by Gasteiger charge is -2.22. The van der Waals surface area contributed by atoms with Gasteiger partial charge in [0.25, 0.3) is 0 Å². The average Bonchev–Trinajstić information content (AvgIpc) is 2.66. The van der Waals surface area contributed by atoms with Crippen molar-refractivity contribution >= 4 is 22.4 Å². The van der Waals surface area contributed by atoms with Gasteiger partial charge in [-0.05, 0) is 13.3 Å². The summed E-state index contributed by atoms with van der Waals surface area (Å²) in [5, 5.41) is 20.0. The number of aromatic nitrogens is 2. The van der Waals surface area contributed by atoms with Crippen molar-refractivity contribution in [2.24, 2.45) is 5.41 Å². The van der Waals surface area contributed by atoms with E-state index in [4.69, 9.17) is 5.11 Å². The summed E-state index contributed by atoms with van der Waals surface area (Å²) in [4.78, 5) is 10.9. The Labute approximate surface area is 86.2 Å². The molecule has 1 heterocycles. The lowest BCUT2D eigenvalue weighted by molar-refractivity contribution is -0.147. The summed E-state index contributed by atoms with van der Waals surface area (Å²) in [7, 11) is 0. The minimum absolute atomic E-state index is 0.369. The van der Waals surface area contributed by atoms with Gasteiger partial charge in [-0.1, -0.05) is 18.3 Å². The zero-order valence-electron chi connectivity index (χ0n) is 8.15. The first-order valence-corrected chi connectivity index (χ1v) is 5.20. The second-order valence-electron chi connectivity index (χ2n) is 3.32. The van der Waals surface area contributed by atoms with E-state index in [0.29, 0.717) is 18.1 Å². The summed E-state index contributed by atoms with van der Waals surface area (Å²) < 4.78 is 0. The van der Waals surface area contributed by atoms with Gasteiger partial charge >= 0.3 is 5.97 Å². The molecule has 1 aromatic rings. The number of nitrogens with zero attached hydrogens (tertiary/aromatic N) is 2. The zero-order valence-corrected chi connectivity index (χ0v) is 8.97. The zero-order chi connectivity index (χ0) is 10.6. The van der Waals surface area contributed by atoms with Crippen molar-refractivity contribution < 1.29 is 9.90 Å². The maximum atomic E-state index is 10.9. The van der Waals surface area contributed by atoms with E-state index in [9.17, 15) is 4.79 Å². The van der Waals surface area contributed by atoms with Gasteiger partial charge in [-0.2, -0.15) is 0 Å². The summed E-state index contributed by atoms with van der Waals surface area (Å²) in [6, 6.07) is 0. The summed E-state index contributed by atoms with van der Waals surface area (Å²) in [6.45, 7) is 3.94. The van der Waals surface area contributed by atoms with E-state index in [1.807, 2.05) is 6.92 Å². The molecule has 1 aromatic heterocycles. The highest BCUT2D eigenvalue weighted by atomic mass is 32.1. The Hall–Kier alpha value is -1.17. The first-order valence-electron chi connectivity index (χ1n) is 4.32. The third-order valence-corrected chi connectivity index (χ3v) is 2.94. The van der Waals surface area contributed by atoms with Crippen molar-refractivity contribution in [3.63, 3.8) is 0 Å². The fourth-order valence-corrected chi connectivity index (χ4v) is 1.32. The van der Waals surface area contributed by atoms with Crippen LogP contribution >= 0.6 is 11.3 Å². The van der Waals surface area contributed by atoms with Crippen LogP contribution in [0.4, 0.5) is 5.13 Å². The second kappa shape index (κ2) is 4.36. The summed E-state index contributed by atoms with van der Waals surface area (Å²) in [5.41, 5.74) is 0.859. The first kappa shape index (κ1) is 10.9. The maximum absolute atomic E-state index is 10.9. The minimum Gasteiger partial charge on any atom is -0.481 e. The third kappa shape index (κ3) is 2.41. The molecular weight excluding hydrogens is 202 g/mol. The van der Waals surface area contributed by atoms with Crippen LogP contribution in [0.3, 0.4) is 0 Å². The van der Waals surface area contributed by atoms with Crippen molar-refractivity contribution in [1.29, 1.82) is 0 Å². The van der Waals surface area contributed by atoms with Gasteiger partial charge in [0.05, 0.1) is 5.41 Å². The third-order valence-electron chi connectivity index (χ3n) is 2.29. The van der Waals surface area contributed by atoms with E-state index < -0.39 is 11.4 Å². The molecule has 0 aliphatic rings. The Morgan fingerprint density at radius 1 is 1.79 bits per heavy atom. The van der Waals surface area contributed by atoms with Crippen molar-refractivity contribution in [3.05, 3.63) is 5.51 Å². The molecule has 14 heavy (non-hydrogen) atoms. The molecule has 0 amide bonds. The van der Waals surface area contributed by atoms with Crippen LogP contribution in [0.25, 0.3) is 0 Å². The van der Waals surface area contributed by atoms with E-state index in [-0.39, 0.29) is 0 Å². The van der Waals surface area contributed by atoms with Crippen LogP contribution < -0.4 is 5.32 Å². The topological polar surface area (TPSA) is 75.1 Å². The molecule has 1 rings (SSSR count). The molecule has 0 saturated heterocycles. The van der Waals surface area contributed by atoms with E-state index in [2.05, 4.69) is 15.5 Å². The molecule has 1 unspecified atom stereocenters. The Kier molecular flexibility index (Phi) is 3.40. The monoisotopic (exact) mass is 215 g/mol. The van der Waals surface area contributed by atoms with Crippen molar-refractivity contribution in [2.45, 2.75) is 20.3 Å². The van der Waals surface area contributed by atoms with Crippen LogP contribution in [-0.2, 0) is 4.79 Å². The van der Waals surface area contributed by atoms with Crippen LogP contribution in [0.1, 0.15) is 20.3 Å². The number of anilines is 1.